The Morgan fingerprint density at radius 2 is 0.312 bits per heavy atom. The minimum absolute atomic E-state index is 0.791. The Balaban J connectivity index is 0.780. The van der Waals surface area contributed by atoms with Crippen LogP contribution in [0.25, 0.3) is 0 Å². The maximum Gasteiger partial charge on any atom is 0.188 e. The highest BCUT2D eigenvalue weighted by molar-refractivity contribution is 4.84. The maximum absolute atomic E-state index is 2.81. The van der Waals surface area contributed by atoms with Crippen LogP contribution in [0, 0.1) is 59.2 Å². The van der Waals surface area contributed by atoms with Gasteiger partial charge < -0.3 is 44.8 Å². The van der Waals surface area contributed by atoms with Crippen molar-refractivity contribution in [3.63, 3.8) is 0 Å². The van der Waals surface area contributed by atoms with Gasteiger partial charge in [0.05, 0.1) is 230 Å². The second-order valence-electron chi connectivity index (χ2n) is 37.1. The van der Waals surface area contributed by atoms with Crippen LogP contribution in [0.2, 0.25) is 0 Å². The highest BCUT2D eigenvalue weighted by Crippen LogP contribution is 2.44. The van der Waals surface area contributed by atoms with Crippen molar-refractivity contribution in [3.05, 3.63) is 0 Å². The molecule has 0 aromatic heterocycles. The zero-order valence-electron chi connectivity index (χ0n) is 56.5. The summed E-state index contributed by atoms with van der Waals surface area (Å²) < 4.78 is 13.2. The molecule has 10 fully saturated rings. The van der Waals surface area contributed by atoms with E-state index in [1.165, 1.54) is 330 Å². The molecule has 0 unspecified atom stereocenters. The number of nitrogens with zero attached hydrogens (tertiary/aromatic N) is 10. The third-order valence-corrected chi connectivity index (χ3v) is 28.9. The number of rotatable bonds is 15. The predicted molar refractivity (Wildman–Crippen MR) is 337 cm³/mol. The molecule has 0 amide bonds. The maximum atomic E-state index is 2.81. The highest BCUT2D eigenvalue weighted by Gasteiger charge is 2.53. The Kier molecular flexibility index (Phi) is 19.0. The van der Waals surface area contributed by atoms with Crippen molar-refractivity contribution < 1.29 is 44.8 Å². The molecule has 10 heterocycles. The van der Waals surface area contributed by atoms with Gasteiger partial charge >= 0.3 is 0 Å². The quantitative estimate of drug-likeness (QED) is 0.144. The molecule has 0 bridgehead atoms. The average molecular weight is 1120 g/mol. The van der Waals surface area contributed by atoms with Crippen LogP contribution in [0.1, 0.15) is 128 Å². The van der Waals surface area contributed by atoms with E-state index in [0.717, 1.165) is 71.3 Å². The average Bonchev–Trinajstić information content (AvgIpc) is 3.41. The van der Waals surface area contributed by atoms with Gasteiger partial charge in [0.2, 0.25) is 0 Å². The van der Waals surface area contributed by atoms with E-state index in [4.69, 9.17) is 0 Å². The van der Waals surface area contributed by atoms with Crippen LogP contribution in [0.15, 0.2) is 0 Å². The standard InChI is InChI=1S/C70H142N10/c1-71(2)35-15-59(16-36-71)63-23-43-75(9,44-24-63)55-69(56-76(10)45-25-64(26-46-76)60-17-37-72(3,4)38-18-60)79(13)51-31-67(32-52-79)68-33-53-80(14,54-34-68)70(57-77(11)47-27-65(28-48-77)61-19-39-73(5,6)40-20-61)58-78(12)49-29-66(30-50-78)62-21-41-74(7,8)42-22-62/h59-70H,15-58H2,1-14H3/q+10. The Bertz CT molecular complexity index is 1670. The SMILES string of the molecule is C[N+]1(C)CCC(C2CC[N+](C)(CC(C[N+]3(C)CCC(C4CC[N+](C)(C)CC4)CC3)[N+]3(C)CCC(C4CC[N+](C)(C(C[N+]5(C)CCC(C6CC[N+](C)(C)CC6)CC5)C[N+]5(C)CCC(C6CC[N+](C)(C)CC6)CC5)CC4)CC3)CC2)CC1. The van der Waals surface area contributed by atoms with E-state index in [1.807, 2.05) is 0 Å². The van der Waals surface area contributed by atoms with Gasteiger partial charge in [-0.3, -0.25) is 0 Å². The molecule has 80 heavy (non-hydrogen) atoms. The van der Waals surface area contributed by atoms with E-state index in [-0.39, 0.29) is 0 Å². The molecule has 0 spiro atoms. The molecule has 0 aromatic carbocycles. The van der Waals surface area contributed by atoms with Gasteiger partial charge in [0.1, 0.15) is 26.2 Å². The van der Waals surface area contributed by atoms with Gasteiger partial charge in [-0.1, -0.05) is 0 Å². The van der Waals surface area contributed by atoms with Crippen molar-refractivity contribution in [2.24, 2.45) is 59.2 Å². The molecular formula is C70H142N10+10. The van der Waals surface area contributed by atoms with E-state index in [2.05, 4.69) is 98.7 Å². The summed E-state index contributed by atoms with van der Waals surface area (Å²) in [5, 5.41) is 0. The van der Waals surface area contributed by atoms with Crippen LogP contribution in [-0.4, -0.2) is 313 Å². The van der Waals surface area contributed by atoms with Crippen LogP contribution < -0.4 is 0 Å². The molecule has 0 aromatic rings. The molecule has 0 radical (unpaired) electrons. The molecular weight excluding hydrogens is 981 g/mol. The first-order valence-electron chi connectivity index (χ1n) is 35.8. The Morgan fingerprint density at radius 1 is 0.188 bits per heavy atom. The molecule has 10 saturated heterocycles. The molecule has 0 N–H and O–H groups in total. The van der Waals surface area contributed by atoms with Crippen LogP contribution in [0.5, 0.6) is 0 Å². The van der Waals surface area contributed by atoms with E-state index in [0.29, 0.717) is 0 Å². The number of hydrogen-bond donors (Lipinski definition) is 0. The first-order chi connectivity index (χ1) is 37.5. The van der Waals surface area contributed by atoms with Gasteiger partial charge in [-0.05, 0) is 188 Å². The van der Waals surface area contributed by atoms with Crippen molar-refractivity contribution in [3.8, 4) is 0 Å². The number of likely N-dealkylation sites (tertiary alicyclic amines) is 10. The molecule has 0 saturated carbocycles. The molecule has 10 aliphatic rings. The van der Waals surface area contributed by atoms with E-state index < -0.39 is 0 Å². The summed E-state index contributed by atoms with van der Waals surface area (Å²) in [5.74, 6) is 9.83. The lowest BCUT2D eigenvalue weighted by molar-refractivity contribution is -1.02. The van der Waals surface area contributed by atoms with E-state index in [1.54, 1.807) is 0 Å². The minimum atomic E-state index is 0.791. The van der Waals surface area contributed by atoms with Gasteiger partial charge in [-0.15, -0.1) is 0 Å². The van der Waals surface area contributed by atoms with E-state index >= 15 is 0 Å². The zero-order valence-corrected chi connectivity index (χ0v) is 56.5. The lowest BCUT2D eigenvalue weighted by Crippen LogP contribution is -2.70. The highest BCUT2D eigenvalue weighted by atomic mass is 15.5. The Hall–Kier alpha value is -0.400. The first kappa shape index (κ1) is 62.6. The van der Waals surface area contributed by atoms with Crippen molar-refractivity contribution in [1.82, 2.24) is 0 Å². The summed E-state index contributed by atoms with van der Waals surface area (Å²) in [4.78, 5) is 0. The number of hydrogen-bond acceptors (Lipinski definition) is 0. The van der Waals surface area contributed by atoms with Crippen LogP contribution in [-0.2, 0) is 0 Å². The monoisotopic (exact) mass is 1120 g/mol. The molecule has 462 valence electrons. The van der Waals surface area contributed by atoms with Crippen LogP contribution in [0.3, 0.4) is 0 Å². The van der Waals surface area contributed by atoms with Crippen molar-refractivity contribution in [2.75, 3.05) is 256 Å². The lowest BCUT2D eigenvalue weighted by Gasteiger charge is -2.54. The molecule has 10 rings (SSSR count). The smallest absolute Gasteiger partial charge is 0.188 e. The normalized spacial score (nSPS) is 44.5. The number of quaternary nitrogens is 10. The Morgan fingerprint density at radius 3 is 0.463 bits per heavy atom. The second-order valence-corrected chi connectivity index (χ2v) is 37.1. The zero-order chi connectivity index (χ0) is 57.0. The second kappa shape index (κ2) is 24.3. The largest absolute Gasteiger partial charge is 0.328 e. The van der Waals surface area contributed by atoms with Crippen molar-refractivity contribution >= 4 is 0 Å². The fourth-order valence-corrected chi connectivity index (χ4v) is 21.5. The van der Waals surface area contributed by atoms with Crippen LogP contribution in [0.4, 0.5) is 0 Å². The summed E-state index contributed by atoms with van der Waals surface area (Å²) in [5.41, 5.74) is 0. The number of likely N-dealkylation sites (N-methyl/N-ethyl adjacent to an activating group) is 6. The Labute approximate surface area is 498 Å². The van der Waals surface area contributed by atoms with Gasteiger partial charge in [-0.25, -0.2) is 0 Å². The first-order valence-corrected chi connectivity index (χ1v) is 35.8. The fourth-order valence-electron chi connectivity index (χ4n) is 21.5. The summed E-state index contributed by atoms with van der Waals surface area (Å²) in [6, 6.07) is 1.58. The van der Waals surface area contributed by atoms with E-state index in [9.17, 15) is 0 Å². The summed E-state index contributed by atoms with van der Waals surface area (Å²) in [7, 11) is 36.4. The summed E-state index contributed by atoms with van der Waals surface area (Å²) >= 11 is 0. The van der Waals surface area contributed by atoms with Gasteiger partial charge in [0.15, 0.2) is 12.1 Å². The van der Waals surface area contributed by atoms with Crippen LogP contribution >= 0.6 is 0 Å². The molecule has 10 heteroatoms. The minimum Gasteiger partial charge on any atom is -0.328 e. The van der Waals surface area contributed by atoms with Gasteiger partial charge in [0, 0.05) is 0 Å². The third kappa shape index (κ3) is 15.5. The van der Waals surface area contributed by atoms with Crippen molar-refractivity contribution in [2.45, 2.75) is 141 Å². The molecule has 0 atom stereocenters. The lowest BCUT2D eigenvalue weighted by atomic mass is 9.76. The molecule has 10 nitrogen and oxygen atoms in total. The fraction of sp³-hybridized carbons (Fsp3) is 1.00. The third-order valence-electron chi connectivity index (χ3n) is 28.9. The van der Waals surface area contributed by atoms with Gasteiger partial charge in [-0.2, -0.15) is 0 Å². The topological polar surface area (TPSA) is 0 Å². The van der Waals surface area contributed by atoms with Gasteiger partial charge in [0.25, 0.3) is 0 Å². The summed E-state index contributed by atoms with van der Waals surface area (Å²) in [6.45, 7) is 34.2. The summed E-state index contributed by atoms with van der Waals surface area (Å²) in [6.07, 6.45) is 29.7. The van der Waals surface area contributed by atoms with Crippen molar-refractivity contribution in [1.29, 1.82) is 0 Å². The molecule has 0 aliphatic carbocycles. The predicted octanol–water partition coefficient (Wildman–Crippen LogP) is 8.81. The molecule has 10 aliphatic heterocycles. The number of piperidine rings is 10.